The monoisotopic (exact) mass is 505 g/mol. The molecule has 31 heavy (non-hydrogen) atoms. The molecule has 0 fully saturated rings. The molecule has 2 N–H and O–H groups in total. The van der Waals surface area contributed by atoms with Crippen molar-refractivity contribution in [3.8, 4) is 0 Å². The molecule has 0 radical (unpaired) electrons. The van der Waals surface area contributed by atoms with Crippen LogP contribution in [0.15, 0.2) is 63.3 Å². The first-order valence-corrected chi connectivity index (χ1v) is 11.8. The second-order valence-electron chi connectivity index (χ2n) is 8.13. The number of oxime groups is 1. The first-order chi connectivity index (χ1) is 14.5. The van der Waals surface area contributed by atoms with E-state index in [9.17, 15) is 13.6 Å². The normalized spacial score (nSPS) is 12.7. The predicted molar refractivity (Wildman–Crippen MR) is 123 cm³/mol. The summed E-state index contributed by atoms with van der Waals surface area (Å²) < 4.78 is 30.4. The minimum absolute atomic E-state index is 0.0713. The summed E-state index contributed by atoms with van der Waals surface area (Å²) >= 11 is 3.42. The van der Waals surface area contributed by atoms with Crippen molar-refractivity contribution in [3.63, 3.8) is 0 Å². The van der Waals surface area contributed by atoms with Crippen LogP contribution in [-0.4, -0.2) is 34.1 Å². The summed E-state index contributed by atoms with van der Waals surface area (Å²) in [6.07, 6.45) is 3.48. The van der Waals surface area contributed by atoms with Crippen LogP contribution in [0, 0.1) is 0 Å². The standard InChI is InChI=1S/C21H24BrN5O3S/c1-21(2,3)15-5-7-16(8-6-15)31(29,30)26-20-10-9-17(22)19(24-20)11-18(25-28)14-12-23-27(4)13-14/h5-10,12-13,28H,11H2,1-4H3,(H,24,26)/b25-18-. The van der Waals surface area contributed by atoms with Gasteiger partial charge in [-0.2, -0.15) is 5.10 Å². The number of hydrogen-bond donors (Lipinski definition) is 2. The van der Waals surface area contributed by atoms with E-state index in [1.807, 2.05) is 12.1 Å². The maximum Gasteiger partial charge on any atom is 0.263 e. The molecule has 0 aliphatic carbocycles. The van der Waals surface area contributed by atoms with Crippen LogP contribution >= 0.6 is 15.9 Å². The van der Waals surface area contributed by atoms with Crippen molar-refractivity contribution in [1.29, 1.82) is 0 Å². The topological polar surface area (TPSA) is 109 Å². The molecule has 0 saturated carbocycles. The minimum atomic E-state index is -3.81. The number of anilines is 1. The van der Waals surface area contributed by atoms with Gasteiger partial charge in [0.1, 0.15) is 5.82 Å². The molecule has 0 spiro atoms. The average Bonchev–Trinajstić information content (AvgIpc) is 3.13. The van der Waals surface area contributed by atoms with Crippen LogP contribution < -0.4 is 4.72 Å². The highest BCUT2D eigenvalue weighted by Gasteiger charge is 2.19. The van der Waals surface area contributed by atoms with Crippen molar-refractivity contribution in [3.05, 3.63) is 70.1 Å². The Labute approximate surface area is 190 Å². The Morgan fingerprint density at radius 2 is 1.87 bits per heavy atom. The van der Waals surface area contributed by atoms with Gasteiger partial charge in [-0.3, -0.25) is 9.40 Å². The summed E-state index contributed by atoms with van der Waals surface area (Å²) in [7, 11) is -2.05. The Morgan fingerprint density at radius 1 is 1.19 bits per heavy atom. The number of aryl methyl sites for hydroxylation is 1. The Kier molecular flexibility index (Phi) is 6.51. The molecule has 1 aromatic carbocycles. The van der Waals surface area contributed by atoms with Gasteiger partial charge in [0, 0.05) is 29.7 Å². The molecule has 2 heterocycles. The van der Waals surface area contributed by atoms with Crippen molar-refractivity contribution in [2.75, 3.05) is 4.72 Å². The summed E-state index contributed by atoms with van der Waals surface area (Å²) in [5, 5.41) is 16.8. The lowest BCUT2D eigenvalue weighted by atomic mass is 9.87. The van der Waals surface area contributed by atoms with E-state index in [0.29, 0.717) is 21.4 Å². The van der Waals surface area contributed by atoms with E-state index in [4.69, 9.17) is 0 Å². The molecule has 10 heteroatoms. The Balaban J connectivity index is 1.84. The molecule has 0 saturated heterocycles. The van der Waals surface area contributed by atoms with E-state index >= 15 is 0 Å². The summed E-state index contributed by atoms with van der Waals surface area (Å²) in [6, 6.07) is 10.1. The van der Waals surface area contributed by atoms with Crippen molar-refractivity contribution in [2.24, 2.45) is 12.2 Å². The zero-order chi connectivity index (χ0) is 22.8. The maximum absolute atomic E-state index is 12.8. The SMILES string of the molecule is Cn1cc(/C(Cc2nc(NS(=O)(=O)c3ccc(C(C)(C)C)cc3)ccc2Br)=N\O)cn1. The van der Waals surface area contributed by atoms with Gasteiger partial charge < -0.3 is 5.21 Å². The number of sulfonamides is 1. The van der Waals surface area contributed by atoms with Gasteiger partial charge in [-0.05, 0) is 51.2 Å². The Bertz CT molecular complexity index is 1210. The average molecular weight is 506 g/mol. The van der Waals surface area contributed by atoms with Crippen LogP contribution in [0.4, 0.5) is 5.82 Å². The summed E-state index contributed by atoms with van der Waals surface area (Å²) in [5.74, 6) is 0.168. The van der Waals surface area contributed by atoms with Gasteiger partial charge >= 0.3 is 0 Å². The molecular weight excluding hydrogens is 482 g/mol. The summed E-state index contributed by atoms with van der Waals surface area (Å²) in [4.78, 5) is 4.56. The predicted octanol–water partition coefficient (Wildman–Crippen LogP) is 4.10. The van der Waals surface area contributed by atoms with Gasteiger partial charge in [0.25, 0.3) is 10.0 Å². The molecule has 0 aliphatic rings. The van der Waals surface area contributed by atoms with E-state index in [1.54, 1.807) is 48.4 Å². The van der Waals surface area contributed by atoms with Crippen molar-refractivity contribution in [2.45, 2.75) is 37.5 Å². The number of rotatable bonds is 6. The van der Waals surface area contributed by atoms with Crippen LogP contribution in [0.1, 0.15) is 37.6 Å². The van der Waals surface area contributed by atoms with E-state index in [-0.39, 0.29) is 22.5 Å². The zero-order valence-corrected chi connectivity index (χ0v) is 20.1. The molecule has 2 aromatic heterocycles. The smallest absolute Gasteiger partial charge is 0.263 e. The molecule has 0 aliphatic heterocycles. The maximum atomic E-state index is 12.8. The van der Waals surface area contributed by atoms with Gasteiger partial charge in [-0.15, -0.1) is 0 Å². The fourth-order valence-corrected chi connectivity index (χ4v) is 4.28. The number of nitrogens with zero attached hydrogens (tertiary/aromatic N) is 4. The van der Waals surface area contributed by atoms with Gasteiger partial charge in [0.2, 0.25) is 0 Å². The van der Waals surface area contributed by atoms with Gasteiger partial charge in [0.15, 0.2) is 0 Å². The third-order valence-electron chi connectivity index (χ3n) is 4.68. The van der Waals surface area contributed by atoms with Crippen molar-refractivity contribution in [1.82, 2.24) is 14.8 Å². The zero-order valence-electron chi connectivity index (χ0n) is 17.7. The highest BCUT2D eigenvalue weighted by atomic mass is 79.9. The van der Waals surface area contributed by atoms with Crippen LogP contribution in [-0.2, 0) is 28.9 Å². The Hall–Kier alpha value is -2.72. The highest BCUT2D eigenvalue weighted by Crippen LogP contribution is 2.25. The quantitative estimate of drug-likeness (QED) is 0.297. The second-order valence-corrected chi connectivity index (χ2v) is 10.7. The number of pyridine rings is 1. The largest absolute Gasteiger partial charge is 0.411 e. The van der Waals surface area contributed by atoms with E-state index in [2.05, 4.69) is 56.7 Å². The van der Waals surface area contributed by atoms with Gasteiger partial charge in [-0.25, -0.2) is 13.4 Å². The van der Waals surface area contributed by atoms with Crippen molar-refractivity contribution >= 4 is 37.5 Å². The number of hydrogen-bond acceptors (Lipinski definition) is 6. The fourth-order valence-electron chi connectivity index (χ4n) is 2.92. The number of halogens is 1. The van der Waals surface area contributed by atoms with Crippen LogP contribution in [0.5, 0.6) is 0 Å². The molecule has 0 amide bonds. The minimum Gasteiger partial charge on any atom is -0.411 e. The van der Waals surface area contributed by atoms with E-state index in [1.165, 1.54) is 0 Å². The Morgan fingerprint density at radius 3 is 2.42 bits per heavy atom. The van der Waals surface area contributed by atoms with Crippen LogP contribution in [0.2, 0.25) is 0 Å². The first-order valence-electron chi connectivity index (χ1n) is 9.48. The molecule has 3 aromatic rings. The van der Waals surface area contributed by atoms with Crippen molar-refractivity contribution < 1.29 is 13.6 Å². The molecule has 164 valence electrons. The van der Waals surface area contributed by atoms with Crippen LogP contribution in [0.25, 0.3) is 0 Å². The molecule has 0 atom stereocenters. The molecule has 0 bridgehead atoms. The van der Waals surface area contributed by atoms with Crippen LogP contribution in [0.3, 0.4) is 0 Å². The highest BCUT2D eigenvalue weighted by molar-refractivity contribution is 9.10. The number of aromatic nitrogens is 3. The lowest BCUT2D eigenvalue weighted by Crippen LogP contribution is -2.16. The summed E-state index contributed by atoms with van der Waals surface area (Å²) in [5.41, 5.74) is 2.49. The van der Waals surface area contributed by atoms with Gasteiger partial charge in [-0.1, -0.05) is 38.1 Å². The second kappa shape index (κ2) is 8.80. The van der Waals surface area contributed by atoms with E-state index in [0.717, 1.165) is 5.56 Å². The first kappa shape index (κ1) is 23.0. The van der Waals surface area contributed by atoms with E-state index < -0.39 is 10.0 Å². The molecule has 8 nitrogen and oxygen atoms in total. The molecule has 0 unspecified atom stereocenters. The lowest BCUT2D eigenvalue weighted by molar-refractivity contribution is 0.318. The molecular formula is C21H24BrN5O3S. The number of nitrogens with one attached hydrogen (secondary N) is 1. The lowest BCUT2D eigenvalue weighted by Gasteiger charge is -2.19. The summed E-state index contributed by atoms with van der Waals surface area (Å²) in [6.45, 7) is 6.20. The number of benzene rings is 1. The van der Waals surface area contributed by atoms with Gasteiger partial charge in [0.05, 0.1) is 22.5 Å². The fraction of sp³-hybridized carbons (Fsp3) is 0.286. The third kappa shape index (κ3) is 5.50. The molecule has 3 rings (SSSR count). The third-order valence-corrected chi connectivity index (χ3v) is 6.77.